The zero-order chi connectivity index (χ0) is 20.3. The number of benzene rings is 3. The van der Waals surface area contributed by atoms with Crippen LogP contribution in [0.2, 0.25) is 10.0 Å². The molecule has 0 heterocycles. The first-order valence-electron chi connectivity index (χ1n) is 7.82. The van der Waals surface area contributed by atoms with Crippen molar-refractivity contribution in [2.45, 2.75) is 4.90 Å². The number of rotatable bonds is 3. The predicted molar refractivity (Wildman–Crippen MR) is 106 cm³/mol. The van der Waals surface area contributed by atoms with Gasteiger partial charge in [0.25, 0.3) is 10.0 Å². The van der Waals surface area contributed by atoms with Crippen LogP contribution < -0.4 is 4.72 Å². The molecule has 142 valence electrons. The third-order valence-electron chi connectivity index (χ3n) is 3.66. The Morgan fingerprint density at radius 2 is 1.29 bits per heavy atom. The van der Waals surface area contributed by atoms with E-state index in [2.05, 4.69) is 11.8 Å². The van der Waals surface area contributed by atoms with Crippen molar-refractivity contribution in [2.75, 3.05) is 4.72 Å². The summed E-state index contributed by atoms with van der Waals surface area (Å²) in [4.78, 5) is -0.172. The molecule has 8 heteroatoms. The first-order chi connectivity index (χ1) is 13.3. The lowest BCUT2D eigenvalue weighted by Crippen LogP contribution is -2.16. The Hall–Kier alpha value is -2.59. The Morgan fingerprint density at radius 3 is 1.82 bits per heavy atom. The maximum Gasteiger partial charge on any atom is 0.262 e. The van der Waals surface area contributed by atoms with Crippen LogP contribution in [0.1, 0.15) is 11.1 Å². The zero-order valence-corrected chi connectivity index (χ0v) is 16.3. The van der Waals surface area contributed by atoms with Gasteiger partial charge in [-0.3, -0.25) is 4.72 Å². The summed E-state index contributed by atoms with van der Waals surface area (Å²) in [6.45, 7) is 0. The van der Waals surface area contributed by atoms with Gasteiger partial charge >= 0.3 is 0 Å². The van der Waals surface area contributed by atoms with Crippen LogP contribution in [0.15, 0.2) is 65.6 Å². The maximum atomic E-state index is 14.6. The molecule has 28 heavy (non-hydrogen) atoms. The molecule has 0 aliphatic heterocycles. The van der Waals surface area contributed by atoms with E-state index in [0.29, 0.717) is 5.56 Å². The highest BCUT2D eigenvalue weighted by Crippen LogP contribution is 2.37. The van der Waals surface area contributed by atoms with E-state index >= 15 is 0 Å². The molecule has 0 amide bonds. The van der Waals surface area contributed by atoms with E-state index < -0.39 is 37.4 Å². The van der Waals surface area contributed by atoms with Crippen LogP contribution in [-0.4, -0.2) is 8.42 Å². The third kappa shape index (κ3) is 4.12. The molecule has 0 saturated carbocycles. The van der Waals surface area contributed by atoms with Gasteiger partial charge < -0.3 is 0 Å². The van der Waals surface area contributed by atoms with E-state index in [4.69, 9.17) is 23.2 Å². The molecule has 0 unspecified atom stereocenters. The van der Waals surface area contributed by atoms with Crippen molar-refractivity contribution in [3.63, 3.8) is 0 Å². The van der Waals surface area contributed by atoms with Gasteiger partial charge in [-0.25, -0.2) is 17.2 Å². The summed E-state index contributed by atoms with van der Waals surface area (Å²) in [6.07, 6.45) is 0. The van der Waals surface area contributed by atoms with Crippen LogP contribution in [0, 0.1) is 23.5 Å². The summed E-state index contributed by atoms with van der Waals surface area (Å²) in [5.41, 5.74) is -0.654. The van der Waals surface area contributed by atoms with Crippen LogP contribution in [0.3, 0.4) is 0 Å². The molecule has 0 spiro atoms. The average Bonchev–Trinajstić information content (AvgIpc) is 2.71. The van der Waals surface area contributed by atoms with Crippen LogP contribution in [-0.2, 0) is 10.0 Å². The van der Waals surface area contributed by atoms with E-state index in [-0.39, 0.29) is 10.5 Å². The van der Waals surface area contributed by atoms with Crippen molar-refractivity contribution < 1.29 is 17.2 Å². The zero-order valence-electron chi connectivity index (χ0n) is 14.0. The molecule has 0 radical (unpaired) electrons. The van der Waals surface area contributed by atoms with E-state index in [9.17, 15) is 17.2 Å². The third-order valence-corrected chi connectivity index (χ3v) is 5.73. The first-order valence-corrected chi connectivity index (χ1v) is 10.1. The van der Waals surface area contributed by atoms with Gasteiger partial charge in [-0.15, -0.1) is 0 Å². The molecule has 3 nitrogen and oxygen atoms in total. The molecular formula is C20H11Cl2F2NO2S. The van der Waals surface area contributed by atoms with E-state index in [1.54, 1.807) is 36.4 Å². The Kier molecular flexibility index (Phi) is 5.90. The summed E-state index contributed by atoms with van der Waals surface area (Å²) in [5, 5.41) is -1.17. The second-order valence-electron chi connectivity index (χ2n) is 5.54. The highest BCUT2D eigenvalue weighted by molar-refractivity contribution is 7.92. The van der Waals surface area contributed by atoms with E-state index in [0.717, 1.165) is 0 Å². The number of halogens is 4. The number of sulfonamides is 1. The quantitative estimate of drug-likeness (QED) is 0.435. The molecule has 0 aliphatic rings. The molecule has 0 saturated heterocycles. The predicted octanol–water partition coefficient (Wildman–Crippen LogP) is 5.47. The molecular weight excluding hydrogens is 427 g/mol. The summed E-state index contributed by atoms with van der Waals surface area (Å²) in [5.74, 6) is 2.62. The molecule has 1 N–H and O–H groups in total. The molecule has 0 atom stereocenters. The molecule has 0 aromatic heterocycles. The SMILES string of the molecule is O=S(=O)(Nc1c(F)c(Cl)c(C#Cc2ccccc2)c(Cl)c1F)c1ccccc1. The largest absolute Gasteiger partial charge is 0.274 e. The molecule has 0 bridgehead atoms. The van der Waals surface area contributed by atoms with Crippen LogP contribution in [0.4, 0.5) is 14.5 Å². The highest BCUT2D eigenvalue weighted by Gasteiger charge is 2.26. The second kappa shape index (κ2) is 8.19. The van der Waals surface area contributed by atoms with Crippen molar-refractivity contribution >= 4 is 38.9 Å². The number of nitrogens with one attached hydrogen (secondary N) is 1. The Labute approximate surface area is 171 Å². The average molecular weight is 438 g/mol. The molecule has 0 aliphatic carbocycles. The van der Waals surface area contributed by atoms with Crippen molar-refractivity contribution in [3.05, 3.63) is 93.5 Å². The lowest BCUT2D eigenvalue weighted by molar-refractivity contribution is 0.583. The molecule has 0 fully saturated rings. The normalized spacial score (nSPS) is 10.9. The molecule has 3 aromatic rings. The minimum atomic E-state index is -4.24. The van der Waals surface area contributed by atoms with Crippen LogP contribution in [0.25, 0.3) is 0 Å². The summed E-state index contributed by atoms with van der Waals surface area (Å²) >= 11 is 11.9. The first kappa shape index (κ1) is 20.2. The summed E-state index contributed by atoms with van der Waals surface area (Å²) in [7, 11) is -4.24. The Balaban J connectivity index is 2.05. The number of hydrogen-bond donors (Lipinski definition) is 1. The van der Waals surface area contributed by atoms with Crippen molar-refractivity contribution in [1.82, 2.24) is 0 Å². The van der Waals surface area contributed by atoms with Gasteiger partial charge in [0.15, 0.2) is 11.6 Å². The van der Waals surface area contributed by atoms with Gasteiger partial charge in [-0.1, -0.05) is 71.4 Å². The van der Waals surface area contributed by atoms with E-state index in [1.165, 1.54) is 24.3 Å². The lowest BCUT2D eigenvalue weighted by atomic mass is 10.1. The number of anilines is 1. The summed E-state index contributed by atoms with van der Waals surface area (Å²) in [6, 6.07) is 15.8. The van der Waals surface area contributed by atoms with Gasteiger partial charge in [-0.05, 0) is 24.3 Å². The monoisotopic (exact) mass is 437 g/mol. The van der Waals surface area contributed by atoms with Crippen molar-refractivity contribution in [3.8, 4) is 11.8 Å². The fourth-order valence-corrected chi connectivity index (χ4v) is 3.88. The van der Waals surface area contributed by atoms with Crippen molar-refractivity contribution in [2.24, 2.45) is 0 Å². The summed E-state index contributed by atoms with van der Waals surface area (Å²) < 4.78 is 55.9. The number of hydrogen-bond acceptors (Lipinski definition) is 2. The minimum Gasteiger partial charge on any atom is -0.274 e. The maximum absolute atomic E-state index is 14.6. The van der Waals surface area contributed by atoms with Crippen LogP contribution in [0.5, 0.6) is 0 Å². The lowest BCUT2D eigenvalue weighted by Gasteiger charge is -2.13. The van der Waals surface area contributed by atoms with Gasteiger partial charge in [0.2, 0.25) is 0 Å². The minimum absolute atomic E-state index is 0.172. The standard InChI is InChI=1S/C20H11Cl2F2NO2S/c21-16-15(12-11-13-7-3-1-4-8-13)17(22)19(24)20(18(16)23)25-28(26,27)14-9-5-2-6-10-14/h1-10,25H. The molecule has 3 aromatic carbocycles. The van der Waals surface area contributed by atoms with Crippen LogP contribution >= 0.6 is 23.2 Å². The Morgan fingerprint density at radius 1 is 0.786 bits per heavy atom. The highest BCUT2D eigenvalue weighted by atomic mass is 35.5. The van der Waals surface area contributed by atoms with Crippen molar-refractivity contribution in [1.29, 1.82) is 0 Å². The van der Waals surface area contributed by atoms with Gasteiger partial charge in [0, 0.05) is 5.56 Å². The fourth-order valence-electron chi connectivity index (χ4n) is 2.28. The van der Waals surface area contributed by atoms with Gasteiger partial charge in [0.05, 0.1) is 20.5 Å². The topological polar surface area (TPSA) is 46.2 Å². The fraction of sp³-hybridized carbons (Fsp3) is 0. The van der Waals surface area contributed by atoms with Gasteiger partial charge in [-0.2, -0.15) is 0 Å². The Bertz CT molecular complexity index is 1160. The van der Waals surface area contributed by atoms with E-state index in [1.807, 2.05) is 4.72 Å². The smallest absolute Gasteiger partial charge is 0.262 e. The van der Waals surface area contributed by atoms with Gasteiger partial charge in [0.1, 0.15) is 5.69 Å². The molecule has 3 rings (SSSR count). The second-order valence-corrected chi connectivity index (χ2v) is 7.98.